The van der Waals surface area contributed by atoms with Crippen molar-refractivity contribution in [3.05, 3.63) is 59.5 Å². The smallest absolute Gasteiger partial charge is 0.359 e. The monoisotopic (exact) mass is 438 g/mol. The van der Waals surface area contributed by atoms with Crippen molar-refractivity contribution in [3.63, 3.8) is 0 Å². The van der Waals surface area contributed by atoms with Crippen molar-refractivity contribution in [2.24, 2.45) is 5.14 Å². The van der Waals surface area contributed by atoms with E-state index in [0.717, 1.165) is 23.4 Å². The number of nitrogens with zero attached hydrogens (tertiary/aromatic N) is 3. The molecule has 11 heteroatoms. The Hall–Kier alpha value is -2.92. The van der Waals surface area contributed by atoms with Crippen LogP contribution >= 0.6 is 0 Å². The van der Waals surface area contributed by atoms with E-state index in [0.29, 0.717) is 6.42 Å². The molecular weight excluding hydrogens is 421 g/mol. The van der Waals surface area contributed by atoms with Crippen LogP contribution in [0.2, 0.25) is 0 Å². The number of fused-ring (bicyclic) bond motifs is 1. The summed E-state index contributed by atoms with van der Waals surface area (Å²) in [5, 5.41) is 9.00. The quantitative estimate of drug-likeness (QED) is 0.670. The van der Waals surface area contributed by atoms with Crippen LogP contribution in [0.3, 0.4) is 0 Å². The van der Waals surface area contributed by atoms with Crippen molar-refractivity contribution in [2.75, 3.05) is 4.90 Å². The molecule has 0 bridgehead atoms. The second kappa shape index (κ2) is 7.10. The number of aromatic nitrogens is 2. The van der Waals surface area contributed by atoms with Gasteiger partial charge in [-0.3, -0.25) is 0 Å². The Bertz CT molecular complexity index is 1210. The first-order valence-corrected chi connectivity index (χ1v) is 10.5. The molecule has 1 aromatic heterocycles. The molecule has 1 aliphatic rings. The molecule has 0 spiro atoms. The molecule has 158 valence electrons. The average molecular weight is 438 g/mol. The maximum absolute atomic E-state index is 12.9. The highest BCUT2D eigenvalue weighted by Gasteiger charge is 2.31. The zero-order valence-corrected chi connectivity index (χ0v) is 16.5. The first-order valence-electron chi connectivity index (χ1n) is 8.95. The molecule has 7 nitrogen and oxygen atoms in total. The third-order valence-electron chi connectivity index (χ3n) is 4.96. The number of anilines is 1. The summed E-state index contributed by atoms with van der Waals surface area (Å²) in [4.78, 5) is 6.23. The Morgan fingerprint density at radius 1 is 1.23 bits per heavy atom. The fraction of sp³-hybridized carbons (Fsp3) is 0.263. The SMILES string of the molecule is CC1Cc2cc(S(N)(=O)=O)ccc2N1Cc1nc(-c2cccc(C(F)(F)F)c2)no1. The van der Waals surface area contributed by atoms with Crippen LogP contribution in [-0.4, -0.2) is 24.6 Å². The molecule has 0 saturated heterocycles. The van der Waals surface area contributed by atoms with Gasteiger partial charge in [-0.05, 0) is 49.2 Å². The van der Waals surface area contributed by atoms with Crippen LogP contribution in [0.5, 0.6) is 0 Å². The molecule has 0 radical (unpaired) electrons. The summed E-state index contributed by atoms with van der Waals surface area (Å²) < 4.78 is 67.2. The molecule has 0 aliphatic carbocycles. The van der Waals surface area contributed by atoms with Gasteiger partial charge in [-0.2, -0.15) is 18.2 Å². The Morgan fingerprint density at radius 2 is 2.00 bits per heavy atom. The minimum atomic E-state index is -4.47. The van der Waals surface area contributed by atoms with Gasteiger partial charge in [0.2, 0.25) is 21.7 Å². The molecule has 1 unspecified atom stereocenters. The third kappa shape index (κ3) is 3.90. The number of nitrogens with two attached hydrogens (primary N) is 1. The molecule has 2 heterocycles. The van der Waals surface area contributed by atoms with Crippen LogP contribution in [0.15, 0.2) is 51.9 Å². The van der Waals surface area contributed by atoms with E-state index in [1.807, 2.05) is 11.8 Å². The van der Waals surface area contributed by atoms with Crippen molar-refractivity contribution >= 4 is 15.7 Å². The molecule has 1 aliphatic heterocycles. The summed E-state index contributed by atoms with van der Waals surface area (Å²) in [6, 6.07) is 9.38. The highest BCUT2D eigenvalue weighted by molar-refractivity contribution is 7.89. The molecule has 0 saturated carbocycles. The minimum absolute atomic E-state index is 0.0274. The predicted molar refractivity (Wildman–Crippen MR) is 102 cm³/mol. The zero-order valence-electron chi connectivity index (χ0n) is 15.7. The number of rotatable bonds is 4. The average Bonchev–Trinajstić information content (AvgIpc) is 3.25. The fourth-order valence-electron chi connectivity index (χ4n) is 3.51. The number of hydrogen-bond acceptors (Lipinski definition) is 6. The number of hydrogen-bond donors (Lipinski definition) is 1. The van der Waals surface area contributed by atoms with Crippen molar-refractivity contribution in [1.82, 2.24) is 10.1 Å². The molecule has 2 N–H and O–H groups in total. The topological polar surface area (TPSA) is 102 Å². The van der Waals surface area contributed by atoms with Crippen LogP contribution in [-0.2, 0) is 29.2 Å². The Kier molecular flexibility index (Phi) is 4.82. The van der Waals surface area contributed by atoms with Gasteiger partial charge in [0, 0.05) is 17.3 Å². The van der Waals surface area contributed by atoms with Gasteiger partial charge >= 0.3 is 6.18 Å². The molecule has 1 atom stereocenters. The first kappa shape index (κ1) is 20.4. The van der Waals surface area contributed by atoms with Crippen molar-refractivity contribution in [1.29, 1.82) is 0 Å². The predicted octanol–water partition coefficient (Wildman–Crippen LogP) is 3.35. The first-order chi connectivity index (χ1) is 14.0. The van der Waals surface area contributed by atoms with Crippen LogP contribution in [0.1, 0.15) is 23.9 Å². The van der Waals surface area contributed by atoms with E-state index in [1.165, 1.54) is 18.2 Å². The normalized spacial score (nSPS) is 16.7. The summed E-state index contributed by atoms with van der Waals surface area (Å²) in [5.74, 6) is 0.297. The van der Waals surface area contributed by atoms with Crippen molar-refractivity contribution in [2.45, 2.75) is 37.0 Å². The summed E-state index contributed by atoms with van der Waals surface area (Å²) >= 11 is 0. The lowest BCUT2D eigenvalue weighted by atomic mass is 10.1. The van der Waals surface area contributed by atoms with Gasteiger partial charge in [0.05, 0.1) is 17.0 Å². The second-order valence-corrected chi connectivity index (χ2v) is 8.67. The molecule has 0 amide bonds. The maximum Gasteiger partial charge on any atom is 0.416 e. The van der Waals surface area contributed by atoms with Gasteiger partial charge in [0.1, 0.15) is 0 Å². The van der Waals surface area contributed by atoms with Gasteiger partial charge in [-0.25, -0.2) is 13.6 Å². The number of benzene rings is 2. The van der Waals surface area contributed by atoms with Crippen LogP contribution < -0.4 is 10.0 Å². The fourth-order valence-corrected chi connectivity index (χ4v) is 4.07. The van der Waals surface area contributed by atoms with Crippen molar-refractivity contribution < 1.29 is 26.1 Å². The van der Waals surface area contributed by atoms with E-state index in [1.54, 1.807) is 12.1 Å². The molecule has 3 aromatic rings. The maximum atomic E-state index is 12.9. The van der Waals surface area contributed by atoms with Gasteiger partial charge in [0.25, 0.3) is 0 Å². The van der Waals surface area contributed by atoms with Crippen LogP contribution in [0.4, 0.5) is 18.9 Å². The van der Waals surface area contributed by atoms with Gasteiger partial charge in [0.15, 0.2) is 0 Å². The molecule has 30 heavy (non-hydrogen) atoms. The summed E-state index contributed by atoms with van der Waals surface area (Å²) in [7, 11) is -3.80. The lowest BCUT2D eigenvalue weighted by molar-refractivity contribution is -0.137. The number of sulfonamides is 1. The van der Waals surface area contributed by atoms with E-state index < -0.39 is 21.8 Å². The molecule has 0 fully saturated rings. The van der Waals surface area contributed by atoms with Crippen molar-refractivity contribution in [3.8, 4) is 11.4 Å². The van der Waals surface area contributed by atoms with Crippen LogP contribution in [0.25, 0.3) is 11.4 Å². The van der Waals surface area contributed by atoms with E-state index in [9.17, 15) is 21.6 Å². The van der Waals surface area contributed by atoms with Gasteiger partial charge in [-0.1, -0.05) is 17.3 Å². The standard InChI is InChI=1S/C19H17F3N4O3S/c1-11-7-13-9-15(30(23,27)28)5-6-16(13)26(11)10-17-24-18(25-29-17)12-3-2-4-14(8-12)19(20,21)22/h2-6,8-9,11H,7,10H2,1H3,(H2,23,27,28). The Morgan fingerprint density at radius 3 is 2.70 bits per heavy atom. The third-order valence-corrected chi connectivity index (χ3v) is 5.87. The second-order valence-electron chi connectivity index (χ2n) is 7.11. The highest BCUT2D eigenvalue weighted by Crippen LogP contribution is 2.35. The summed E-state index contributed by atoms with van der Waals surface area (Å²) in [6.07, 6.45) is -3.86. The van der Waals surface area contributed by atoms with E-state index in [4.69, 9.17) is 9.66 Å². The lowest BCUT2D eigenvalue weighted by Crippen LogP contribution is -2.28. The van der Waals surface area contributed by atoms with E-state index in [-0.39, 0.29) is 34.8 Å². The molecule has 2 aromatic carbocycles. The van der Waals surface area contributed by atoms with E-state index in [2.05, 4.69) is 10.1 Å². The van der Waals surface area contributed by atoms with Gasteiger partial charge < -0.3 is 9.42 Å². The summed E-state index contributed by atoms with van der Waals surface area (Å²) in [6.45, 7) is 2.19. The zero-order chi connectivity index (χ0) is 21.7. The Labute approximate surface area is 170 Å². The largest absolute Gasteiger partial charge is 0.416 e. The van der Waals surface area contributed by atoms with Gasteiger partial charge in [-0.15, -0.1) is 0 Å². The minimum Gasteiger partial charge on any atom is -0.359 e. The summed E-state index contributed by atoms with van der Waals surface area (Å²) in [5.41, 5.74) is 1.05. The number of halogens is 3. The molecular formula is C19H17F3N4O3S. The number of primary sulfonamides is 1. The highest BCUT2D eigenvalue weighted by atomic mass is 32.2. The lowest BCUT2D eigenvalue weighted by Gasteiger charge is -2.22. The Balaban J connectivity index is 1.58. The molecule has 4 rings (SSSR count). The van der Waals surface area contributed by atoms with E-state index >= 15 is 0 Å². The number of alkyl halides is 3. The van der Waals surface area contributed by atoms with Crippen LogP contribution in [0, 0.1) is 0 Å².